The average Bonchev–Trinajstić information content (AvgIpc) is 3.53. The molecule has 0 spiro atoms. The largest absolute Gasteiger partial charge is 0.484 e. The number of thiocarbonyl (C=S) groups is 1. The van der Waals surface area contributed by atoms with E-state index >= 15 is 0 Å². The molecule has 44 heavy (non-hydrogen) atoms. The van der Waals surface area contributed by atoms with Crippen molar-refractivity contribution in [2.24, 2.45) is 0 Å². The van der Waals surface area contributed by atoms with E-state index in [1.54, 1.807) is 6.20 Å². The van der Waals surface area contributed by atoms with Crippen LogP contribution in [0.5, 0.6) is 5.75 Å². The van der Waals surface area contributed by atoms with Crippen LogP contribution in [0.2, 0.25) is 5.02 Å². The van der Waals surface area contributed by atoms with Crippen molar-refractivity contribution < 1.29 is 9.53 Å². The number of benzene rings is 3. The Balaban J connectivity index is 1.32. The standard InChI is InChI=1S/C35H32ClN5O2S/c1-22-20-28(24(3)40(22)31-14-9-12-29(36)23(31)2)34-33(30-13-7-8-19-37-30)39-35(44)41(34)26-17-15-25(16-18-26)38-32(42)21-43-27-10-5-4-6-11-27/h4-20,33-34H,21H2,1-3H3,(H,38,42)(H,39,44). The predicted octanol–water partition coefficient (Wildman–Crippen LogP) is 7.65. The number of carbonyl (C=O) groups is 1. The first-order chi connectivity index (χ1) is 21.3. The summed E-state index contributed by atoms with van der Waals surface area (Å²) in [5, 5.41) is 7.78. The van der Waals surface area contributed by atoms with Crippen molar-refractivity contribution in [3.63, 3.8) is 0 Å². The van der Waals surface area contributed by atoms with E-state index in [1.165, 1.54) is 0 Å². The average molecular weight is 622 g/mol. The fourth-order valence-electron chi connectivity index (χ4n) is 5.81. The summed E-state index contributed by atoms with van der Waals surface area (Å²) in [6.45, 7) is 6.20. The number of hydrogen-bond acceptors (Lipinski definition) is 4. The van der Waals surface area contributed by atoms with Gasteiger partial charge in [0.25, 0.3) is 5.91 Å². The summed E-state index contributed by atoms with van der Waals surface area (Å²) >= 11 is 12.5. The Morgan fingerprint density at radius 1 is 0.977 bits per heavy atom. The van der Waals surface area contributed by atoms with Crippen molar-refractivity contribution in [2.75, 3.05) is 16.8 Å². The minimum atomic E-state index is -0.239. The van der Waals surface area contributed by atoms with Gasteiger partial charge < -0.3 is 24.8 Å². The van der Waals surface area contributed by atoms with Crippen molar-refractivity contribution in [2.45, 2.75) is 32.9 Å². The van der Waals surface area contributed by atoms with Crippen LogP contribution in [0.3, 0.4) is 0 Å². The van der Waals surface area contributed by atoms with Gasteiger partial charge in [-0.3, -0.25) is 9.78 Å². The van der Waals surface area contributed by atoms with Crippen LogP contribution in [0.15, 0.2) is 103 Å². The Bertz CT molecular complexity index is 1810. The summed E-state index contributed by atoms with van der Waals surface area (Å²) in [7, 11) is 0. The zero-order valence-electron chi connectivity index (χ0n) is 24.6. The fourth-order valence-corrected chi connectivity index (χ4v) is 6.33. The third-order valence-corrected chi connectivity index (χ3v) is 8.63. The molecule has 0 saturated carbocycles. The number of aryl methyl sites for hydroxylation is 1. The van der Waals surface area contributed by atoms with Crippen molar-refractivity contribution in [3.8, 4) is 11.4 Å². The van der Waals surface area contributed by atoms with Gasteiger partial charge in [0.1, 0.15) is 5.75 Å². The number of hydrogen-bond donors (Lipinski definition) is 2. The molecule has 1 aliphatic heterocycles. The summed E-state index contributed by atoms with van der Waals surface area (Å²) in [4.78, 5) is 19.4. The minimum Gasteiger partial charge on any atom is -0.484 e. The van der Waals surface area contributed by atoms with Gasteiger partial charge in [0.15, 0.2) is 11.7 Å². The second-order valence-electron chi connectivity index (χ2n) is 10.7. The highest BCUT2D eigenvalue weighted by Crippen LogP contribution is 2.44. The van der Waals surface area contributed by atoms with Gasteiger partial charge in [-0.05, 0) is 111 Å². The Labute approximate surface area is 267 Å². The number of aromatic nitrogens is 2. The number of para-hydroxylation sites is 1. The van der Waals surface area contributed by atoms with Crippen LogP contribution in [0.25, 0.3) is 5.69 Å². The lowest BCUT2D eigenvalue weighted by molar-refractivity contribution is -0.118. The first-order valence-corrected chi connectivity index (χ1v) is 15.1. The van der Waals surface area contributed by atoms with Gasteiger partial charge in [-0.15, -0.1) is 0 Å². The molecular formula is C35H32ClN5O2S. The molecule has 7 nitrogen and oxygen atoms in total. The highest BCUT2D eigenvalue weighted by molar-refractivity contribution is 7.80. The first kappa shape index (κ1) is 29.4. The lowest BCUT2D eigenvalue weighted by Gasteiger charge is -2.28. The van der Waals surface area contributed by atoms with Gasteiger partial charge in [-0.2, -0.15) is 0 Å². The molecule has 1 aliphatic rings. The van der Waals surface area contributed by atoms with Gasteiger partial charge in [-0.25, -0.2) is 0 Å². The molecule has 5 aromatic rings. The molecule has 0 radical (unpaired) electrons. The zero-order valence-corrected chi connectivity index (χ0v) is 26.2. The van der Waals surface area contributed by atoms with E-state index in [0.717, 1.165) is 44.6 Å². The molecule has 1 amide bonds. The molecule has 3 aromatic carbocycles. The molecule has 1 saturated heterocycles. The maximum atomic E-state index is 12.6. The molecule has 9 heteroatoms. The maximum Gasteiger partial charge on any atom is 0.262 e. The number of nitrogens with one attached hydrogen (secondary N) is 2. The highest BCUT2D eigenvalue weighted by Gasteiger charge is 2.42. The molecule has 2 N–H and O–H groups in total. The van der Waals surface area contributed by atoms with Gasteiger partial charge in [0.2, 0.25) is 0 Å². The number of pyridine rings is 1. The SMILES string of the molecule is Cc1c(Cl)cccc1-n1c(C)cc(C2C(c3ccccn3)NC(=S)N2c2ccc(NC(=O)COc3ccccc3)cc2)c1C. The molecular weight excluding hydrogens is 590 g/mol. The predicted molar refractivity (Wildman–Crippen MR) is 180 cm³/mol. The van der Waals surface area contributed by atoms with E-state index < -0.39 is 0 Å². The number of rotatable bonds is 8. The van der Waals surface area contributed by atoms with Gasteiger partial charge in [0, 0.05) is 39.7 Å². The molecule has 0 bridgehead atoms. The zero-order chi connectivity index (χ0) is 30.8. The highest BCUT2D eigenvalue weighted by atomic mass is 35.5. The van der Waals surface area contributed by atoms with Crippen LogP contribution in [0, 0.1) is 20.8 Å². The topological polar surface area (TPSA) is 71.4 Å². The van der Waals surface area contributed by atoms with Gasteiger partial charge in [-0.1, -0.05) is 41.9 Å². The number of amides is 1. The smallest absolute Gasteiger partial charge is 0.262 e. The molecule has 2 aromatic heterocycles. The van der Waals surface area contributed by atoms with Crippen LogP contribution < -0.4 is 20.3 Å². The van der Waals surface area contributed by atoms with E-state index in [9.17, 15) is 4.79 Å². The minimum absolute atomic E-state index is 0.0819. The normalized spacial score (nSPS) is 16.1. The number of ether oxygens (including phenoxy) is 1. The molecule has 2 atom stereocenters. The molecule has 1 fully saturated rings. The van der Waals surface area contributed by atoms with E-state index in [4.69, 9.17) is 33.5 Å². The van der Waals surface area contributed by atoms with Crippen molar-refractivity contribution in [3.05, 3.63) is 136 Å². The lowest BCUT2D eigenvalue weighted by Crippen LogP contribution is -2.29. The lowest BCUT2D eigenvalue weighted by atomic mass is 9.96. The molecule has 222 valence electrons. The van der Waals surface area contributed by atoms with Crippen LogP contribution in [-0.2, 0) is 4.79 Å². The van der Waals surface area contributed by atoms with Crippen LogP contribution >= 0.6 is 23.8 Å². The quantitative estimate of drug-likeness (QED) is 0.174. The Morgan fingerprint density at radius 3 is 2.45 bits per heavy atom. The van der Waals surface area contributed by atoms with Crippen molar-refractivity contribution in [1.29, 1.82) is 0 Å². The number of carbonyl (C=O) groups excluding carboxylic acids is 1. The summed E-state index contributed by atoms with van der Waals surface area (Å²) in [5.74, 6) is 0.406. The Morgan fingerprint density at radius 2 is 1.73 bits per heavy atom. The maximum absolute atomic E-state index is 12.6. The third kappa shape index (κ3) is 5.78. The Hall–Kier alpha value is -4.66. The van der Waals surface area contributed by atoms with Crippen LogP contribution in [0.4, 0.5) is 11.4 Å². The number of nitrogens with zero attached hydrogens (tertiary/aromatic N) is 3. The molecule has 2 unspecified atom stereocenters. The molecule has 0 aliphatic carbocycles. The summed E-state index contributed by atoms with van der Waals surface area (Å²) in [6.07, 6.45) is 1.80. The second-order valence-corrected chi connectivity index (χ2v) is 11.5. The summed E-state index contributed by atoms with van der Waals surface area (Å²) in [6, 6.07) is 30.7. The van der Waals surface area contributed by atoms with E-state index in [1.807, 2.05) is 91.9 Å². The second kappa shape index (κ2) is 12.5. The number of halogens is 1. The number of anilines is 2. The van der Waals surface area contributed by atoms with Crippen molar-refractivity contribution >= 4 is 46.2 Å². The monoisotopic (exact) mass is 621 g/mol. The Kier molecular flexibility index (Phi) is 8.37. The van der Waals surface area contributed by atoms with Gasteiger partial charge >= 0.3 is 0 Å². The third-order valence-electron chi connectivity index (χ3n) is 7.91. The van der Waals surface area contributed by atoms with Crippen LogP contribution in [0.1, 0.15) is 40.3 Å². The van der Waals surface area contributed by atoms with Crippen LogP contribution in [-0.4, -0.2) is 27.2 Å². The van der Waals surface area contributed by atoms with E-state index in [2.05, 4.69) is 46.1 Å². The summed E-state index contributed by atoms with van der Waals surface area (Å²) in [5.41, 5.74) is 7.84. The molecule has 3 heterocycles. The molecule has 6 rings (SSSR count). The fraction of sp³-hybridized carbons (Fsp3) is 0.171. The first-order valence-electron chi connectivity index (χ1n) is 14.3. The summed E-state index contributed by atoms with van der Waals surface area (Å²) < 4.78 is 7.84. The van der Waals surface area contributed by atoms with E-state index in [0.29, 0.717) is 16.5 Å². The van der Waals surface area contributed by atoms with Gasteiger partial charge in [0.05, 0.1) is 17.8 Å². The van der Waals surface area contributed by atoms with Crippen molar-refractivity contribution in [1.82, 2.24) is 14.9 Å². The van der Waals surface area contributed by atoms with E-state index in [-0.39, 0.29) is 24.6 Å².